The fourth-order valence-corrected chi connectivity index (χ4v) is 2.18. The van der Waals surface area contributed by atoms with Crippen molar-refractivity contribution >= 4 is 23.3 Å². The lowest BCUT2D eigenvalue weighted by Crippen LogP contribution is -2.46. The average Bonchev–Trinajstić information content (AvgIpc) is 2.35. The Morgan fingerprint density at radius 3 is 2.72 bits per heavy atom. The van der Waals surface area contributed by atoms with Crippen LogP contribution >= 0.6 is 11.6 Å². The Morgan fingerprint density at radius 1 is 1.44 bits per heavy atom. The van der Waals surface area contributed by atoms with Crippen LogP contribution in [0.1, 0.15) is 13.3 Å². The van der Waals surface area contributed by atoms with Gasteiger partial charge < -0.3 is 15.3 Å². The highest BCUT2D eigenvalue weighted by Gasteiger charge is 2.27. The summed E-state index contributed by atoms with van der Waals surface area (Å²) in [5.74, 6) is 0.120. The number of rotatable bonds is 1. The van der Waals surface area contributed by atoms with E-state index in [1.54, 1.807) is 29.2 Å². The zero-order valence-electron chi connectivity index (χ0n) is 10.3. The number of anilines is 1. The Kier molecular flexibility index (Phi) is 4.09. The molecule has 0 aliphatic carbocycles. The molecule has 2 unspecified atom stereocenters. The van der Waals surface area contributed by atoms with Gasteiger partial charge in [-0.25, -0.2) is 4.79 Å². The van der Waals surface area contributed by atoms with Crippen molar-refractivity contribution in [2.75, 3.05) is 18.4 Å². The van der Waals surface area contributed by atoms with Gasteiger partial charge in [0.2, 0.25) is 0 Å². The molecule has 1 aromatic rings. The minimum Gasteiger partial charge on any atom is -0.393 e. The molecule has 1 aliphatic rings. The van der Waals surface area contributed by atoms with E-state index in [-0.39, 0.29) is 18.1 Å². The van der Waals surface area contributed by atoms with Gasteiger partial charge in [-0.15, -0.1) is 0 Å². The van der Waals surface area contributed by atoms with E-state index in [1.807, 2.05) is 6.92 Å². The molecular weight excluding hydrogens is 252 g/mol. The van der Waals surface area contributed by atoms with Crippen molar-refractivity contribution in [2.24, 2.45) is 5.92 Å². The molecule has 98 valence electrons. The quantitative estimate of drug-likeness (QED) is 0.823. The molecule has 0 bridgehead atoms. The first-order valence-corrected chi connectivity index (χ1v) is 6.43. The third kappa shape index (κ3) is 3.15. The van der Waals surface area contributed by atoms with Crippen molar-refractivity contribution in [3.8, 4) is 0 Å². The molecule has 0 aromatic heterocycles. The molecule has 2 rings (SSSR count). The molecule has 2 atom stereocenters. The van der Waals surface area contributed by atoms with Gasteiger partial charge in [0.25, 0.3) is 0 Å². The summed E-state index contributed by atoms with van der Waals surface area (Å²) in [7, 11) is 0. The fourth-order valence-electron chi connectivity index (χ4n) is 2.05. The molecular formula is C13H17ClN2O2. The number of aliphatic hydroxyl groups excluding tert-OH is 1. The zero-order valence-corrected chi connectivity index (χ0v) is 11.0. The molecule has 4 nitrogen and oxygen atoms in total. The first-order chi connectivity index (χ1) is 8.56. The Hall–Kier alpha value is -1.26. The van der Waals surface area contributed by atoms with Crippen LogP contribution in [0.5, 0.6) is 0 Å². The van der Waals surface area contributed by atoms with Gasteiger partial charge in [0.05, 0.1) is 6.10 Å². The van der Waals surface area contributed by atoms with Gasteiger partial charge in [0.1, 0.15) is 0 Å². The van der Waals surface area contributed by atoms with Gasteiger partial charge in [-0.05, 0) is 36.6 Å². The summed E-state index contributed by atoms with van der Waals surface area (Å²) in [6, 6.07) is 6.88. The summed E-state index contributed by atoms with van der Waals surface area (Å²) in [6.07, 6.45) is 0.333. The summed E-state index contributed by atoms with van der Waals surface area (Å²) >= 11 is 5.78. The van der Waals surface area contributed by atoms with Crippen LogP contribution in [0, 0.1) is 5.92 Å². The lowest BCUT2D eigenvalue weighted by Gasteiger charge is -2.34. The van der Waals surface area contributed by atoms with Crippen LogP contribution in [0.4, 0.5) is 10.5 Å². The third-order valence-electron chi connectivity index (χ3n) is 3.24. The largest absolute Gasteiger partial charge is 0.393 e. The molecule has 1 saturated heterocycles. The number of carbonyl (C=O) groups is 1. The van der Waals surface area contributed by atoms with Crippen molar-refractivity contribution in [3.05, 3.63) is 29.3 Å². The molecule has 1 aliphatic heterocycles. The number of amides is 2. The van der Waals surface area contributed by atoms with Crippen LogP contribution in [0.15, 0.2) is 24.3 Å². The van der Waals surface area contributed by atoms with E-state index in [2.05, 4.69) is 5.32 Å². The Labute approximate surface area is 112 Å². The molecule has 0 spiro atoms. The minimum atomic E-state index is -0.301. The van der Waals surface area contributed by atoms with Gasteiger partial charge in [0.15, 0.2) is 0 Å². The molecule has 2 N–H and O–H groups in total. The summed E-state index contributed by atoms with van der Waals surface area (Å²) in [6.45, 7) is 3.12. The minimum absolute atomic E-state index is 0.120. The first kappa shape index (κ1) is 13.2. The highest BCUT2D eigenvalue weighted by molar-refractivity contribution is 6.30. The van der Waals surface area contributed by atoms with E-state index in [4.69, 9.17) is 11.6 Å². The standard InChI is InChI=1S/C13H17ClN2O2/c1-9-8-16(7-6-12(9)17)13(18)15-11-4-2-10(14)3-5-11/h2-5,9,12,17H,6-8H2,1H3,(H,15,18). The van der Waals surface area contributed by atoms with Gasteiger partial charge in [-0.3, -0.25) is 0 Å². The zero-order chi connectivity index (χ0) is 13.1. The van der Waals surface area contributed by atoms with Gasteiger partial charge >= 0.3 is 6.03 Å². The highest BCUT2D eigenvalue weighted by atomic mass is 35.5. The van der Waals surface area contributed by atoms with Crippen molar-refractivity contribution in [1.29, 1.82) is 0 Å². The lowest BCUT2D eigenvalue weighted by molar-refractivity contribution is 0.0506. The summed E-state index contributed by atoms with van der Waals surface area (Å²) < 4.78 is 0. The second-order valence-electron chi connectivity index (χ2n) is 4.72. The lowest BCUT2D eigenvalue weighted by atomic mass is 9.97. The smallest absolute Gasteiger partial charge is 0.321 e. The number of nitrogens with zero attached hydrogens (tertiary/aromatic N) is 1. The van der Waals surface area contributed by atoms with Gasteiger partial charge in [-0.2, -0.15) is 0 Å². The van der Waals surface area contributed by atoms with E-state index < -0.39 is 0 Å². The number of urea groups is 1. The third-order valence-corrected chi connectivity index (χ3v) is 3.49. The number of likely N-dealkylation sites (tertiary alicyclic amines) is 1. The number of aliphatic hydroxyl groups is 1. The Balaban J connectivity index is 1.94. The molecule has 0 radical (unpaired) electrons. The van der Waals surface area contributed by atoms with Gasteiger partial charge in [-0.1, -0.05) is 18.5 Å². The summed E-state index contributed by atoms with van der Waals surface area (Å²) in [5.41, 5.74) is 0.725. The molecule has 18 heavy (non-hydrogen) atoms. The van der Waals surface area contributed by atoms with Crippen LogP contribution in [0.25, 0.3) is 0 Å². The van der Waals surface area contributed by atoms with E-state index in [9.17, 15) is 9.90 Å². The van der Waals surface area contributed by atoms with Crippen LogP contribution in [0.2, 0.25) is 5.02 Å². The molecule has 0 saturated carbocycles. The number of halogens is 1. The predicted molar refractivity (Wildman–Crippen MR) is 71.8 cm³/mol. The number of hydrogen-bond acceptors (Lipinski definition) is 2. The van der Waals surface area contributed by atoms with E-state index in [0.29, 0.717) is 24.5 Å². The number of carbonyl (C=O) groups excluding carboxylic acids is 1. The molecule has 1 heterocycles. The second-order valence-corrected chi connectivity index (χ2v) is 5.15. The first-order valence-electron chi connectivity index (χ1n) is 6.06. The van der Waals surface area contributed by atoms with Crippen molar-refractivity contribution in [1.82, 2.24) is 4.90 Å². The topological polar surface area (TPSA) is 52.6 Å². The SMILES string of the molecule is CC1CN(C(=O)Nc2ccc(Cl)cc2)CCC1O. The van der Waals surface area contributed by atoms with E-state index >= 15 is 0 Å². The van der Waals surface area contributed by atoms with E-state index in [1.165, 1.54) is 0 Å². The molecule has 5 heteroatoms. The predicted octanol–water partition coefficient (Wildman–Crippen LogP) is 2.57. The highest BCUT2D eigenvalue weighted by Crippen LogP contribution is 2.18. The number of piperidine rings is 1. The Bertz CT molecular complexity index is 422. The molecule has 1 aromatic carbocycles. The summed E-state index contributed by atoms with van der Waals surface area (Å²) in [4.78, 5) is 13.7. The van der Waals surface area contributed by atoms with Crippen LogP contribution in [0.3, 0.4) is 0 Å². The monoisotopic (exact) mass is 268 g/mol. The number of hydrogen-bond donors (Lipinski definition) is 2. The normalized spacial score (nSPS) is 23.8. The molecule has 1 fully saturated rings. The second kappa shape index (κ2) is 5.59. The van der Waals surface area contributed by atoms with Crippen molar-refractivity contribution < 1.29 is 9.90 Å². The maximum atomic E-state index is 12.0. The van der Waals surface area contributed by atoms with Crippen LogP contribution in [-0.2, 0) is 0 Å². The fraction of sp³-hybridized carbons (Fsp3) is 0.462. The molecule has 2 amide bonds. The van der Waals surface area contributed by atoms with Crippen LogP contribution < -0.4 is 5.32 Å². The van der Waals surface area contributed by atoms with Gasteiger partial charge in [0, 0.05) is 23.8 Å². The summed E-state index contributed by atoms with van der Waals surface area (Å²) in [5, 5.41) is 13.1. The maximum Gasteiger partial charge on any atom is 0.321 e. The maximum absolute atomic E-state index is 12.0. The number of benzene rings is 1. The van der Waals surface area contributed by atoms with Crippen molar-refractivity contribution in [3.63, 3.8) is 0 Å². The van der Waals surface area contributed by atoms with E-state index in [0.717, 1.165) is 5.69 Å². The average molecular weight is 269 g/mol. The number of nitrogens with one attached hydrogen (secondary N) is 1. The van der Waals surface area contributed by atoms with Crippen LogP contribution in [-0.4, -0.2) is 35.2 Å². The Morgan fingerprint density at radius 2 is 2.11 bits per heavy atom. The van der Waals surface area contributed by atoms with Crippen molar-refractivity contribution in [2.45, 2.75) is 19.4 Å².